The van der Waals surface area contributed by atoms with E-state index in [-0.39, 0.29) is 11.4 Å². The number of carbonyl (C=O) groups excluding carboxylic acids is 1. The summed E-state index contributed by atoms with van der Waals surface area (Å²) in [7, 11) is -4.50. The van der Waals surface area contributed by atoms with Gasteiger partial charge in [0.25, 0.3) is 16.0 Å². The molecule has 0 heterocycles. The van der Waals surface area contributed by atoms with Crippen LogP contribution in [0, 0.1) is 6.92 Å². The Morgan fingerprint density at radius 3 is 2.46 bits per heavy atom. The van der Waals surface area contributed by atoms with E-state index in [1.807, 2.05) is 6.92 Å². The third-order valence-corrected chi connectivity index (χ3v) is 4.83. The fourth-order valence-electron chi connectivity index (χ4n) is 2.56. The summed E-state index contributed by atoms with van der Waals surface area (Å²) in [5.74, 6) is -0.563. The van der Waals surface area contributed by atoms with Crippen LogP contribution in [-0.4, -0.2) is 24.0 Å². The van der Waals surface area contributed by atoms with Gasteiger partial charge in [0.1, 0.15) is 5.75 Å². The van der Waals surface area contributed by atoms with Crippen LogP contribution in [0.4, 0.5) is 11.4 Å². The highest BCUT2D eigenvalue weighted by Gasteiger charge is 2.16. The number of phenolic OH excluding ortho intramolecular Hbond substituents is 1. The van der Waals surface area contributed by atoms with Gasteiger partial charge in [0.2, 0.25) is 0 Å². The zero-order chi connectivity index (χ0) is 19.1. The predicted molar refractivity (Wildman–Crippen MR) is 99.0 cm³/mol. The van der Waals surface area contributed by atoms with E-state index < -0.39 is 20.9 Å². The first-order chi connectivity index (χ1) is 12.1. The van der Waals surface area contributed by atoms with Gasteiger partial charge < -0.3 is 16.2 Å². The molecule has 26 heavy (non-hydrogen) atoms. The summed E-state index contributed by atoms with van der Waals surface area (Å²) in [6.07, 6.45) is 0. The van der Waals surface area contributed by atoms with Crippen LogP contribution in [0.3, 0.4) is 0 Å². The van der Waals surface area contributed by atoms with E-state index >= 15 is 0 Å². The second-order valence-electron chi connectivity index (χ2n) is 5.88. The number of amides is 1. The molecule has 0 bridgehead atoms. The second-order valence-corrected chi connectivity index (χ2v) is 7.30. The standard InChI is InChI=1S/C18H16N2O5S/c1-10-2-3-11(8-16(10)19)18(22)20-17-9-14(26(23,24)25)7-12-6-13(21)4-5-15(12)17/h2-9,21H,19H2,1H3,(H,20,22)(H,23,24,25). The summed E-state index contributed by atoms with van der Waals surface area (Å²) < 4.78 is 32.4. The van der Waals surface area contributed by atoms with E-state index in [4.69, 9.17) is 5.73 Å². The number of anilines is 2. The molecular weight excluding hydrogens is 356 g/mol. The van der Waals surface area contributed by atoms with Crippen LogP contribution in [0.2, 0.25) is 0 Å². The highest BCUT2D eigenvalue weighted by Crippen LogP contribution is 2.30. The first-order valence-electron chi connectivity index (χ1n) is 7.57. The number of carbonyl (C=O) groups is 1. The fraction of sp³-hybridized carbons (Fsp3) is 0.0556. The molecule has 0 aliphatic heterocycles. The monoisotopic (exact) mass is 372 g/mol. The van der Waals surface area contributed by atoms with Gasteiger partial charge in [0.15, 0.2) is 0 Å². The number of nitrogens with one attached hydrogen (secondary N) is 1. The van der Waals surface area contributed by atoms with Crippen molar-refractivity contribution in [3.63, 3.8) is 0 Å². The number of hydrogen-bond acceptors (Lipinski definition) is 5. The molecule has 0 aromatic heterocycles. The lowest BCUT2D eigenvalue weighted by molar-refractivity contribution is 0.102. The Hall–Kier alpha value is -3.10. The minimum atomic E-state index is -4.50. The Bertz CT molecular complexity index is 1140. The van der Waals surface area contributed by atoms with E-state index in [2.05, 4.69) is 5.32 Å². The third-order valence-electron chi connectivity index (χ3n) is 4.00. The maximum atomic E-state index is 12.5. The Kier molecular flexibility index (Phi) is 4.31. The summed E-state index contributed by atoms with van der Waals surface area (Å²) in [6.45, 7) is 1.81. The average molecular weight is 372 g/mol. The molecule has 0 aliphatic rings. The zero-order valence-electron chi connectivity index (χ0n) is 13.7. The van der Waals surface area contributed by atoms with Crippen LogP contribution in [0.25, 0.3) is 10.8 Å². The Morgan fingerprint density at radius 1 is 1.08 bits per heavy atom. The summed E-state index contributed by atoms with van der Waals surface area (Å²) in [5, 5.41) is 13.1. The molecule has 3 aromatic carbocycles. The average Bonchev–Trinajstić information content (AvgIpc) is 2.55. The molecule has 0 atom stereocenters. The highest BCUT2D eigenvalue weighted by atomic mass is 32.2. The molecule has 0 spiro atoms. The molecule has 8 heteroatoms. The van der Waals surface area contributed by atoms with Gasteiger partial charge in [-0.2, -0.15) is 8.42 Å². The minimum Gasteiger partial charge on any atom is -0.508 e. The van der Waals surface area contributed by atoms with Gasteiger partial charge in [0, 0.05) is 16.6 Å². The van der Waals surface area contributed by atoms with Gasteiger partial charge in [-0.3, -0.25) is 9.35 Å². The Balaban J connectivity index is 2.11. The van der Waals surface area contributed by atoms with Crippen molar-refractivity contribution in [2.24, 2.45) is 0 Å². The SMILES string of the molecule is Cc1ccc(C(=O)Nc2cc(S(=O)(=O)O)cc3cc(O)ccc23)cc1N. The Labute approximate surface area is 149 Å². The van der Waals surface area contributed by atoms with E-state index in [9.17, 15) is 22.9 Å². The molecule has 7 nitrogen and oxygen atoms in total. The number of aromatic hydroxyl groups is 1. The van der Waals surface area contributed by atoms with Crippen LogP contribution >= 0.6 is 0 Å². The zero-order valence-corrected chi connectivity index (χ0v) is 14.5. The van der Waals surface area contributed by atoms with Crippen molar-refractivity contribution in [3.05, 3.63) is 59.7 Å². The summed E-state index contributed by atoms with van der Waals surface area (Å²) in [6, 6.07) is 11.5. The predicted octanol–water partition coefficient (Wildman–Crippen LogP) is 2.94. The van der Waals surface area contributed by atoms with Crippen LogP contribution in [0.1, 0.15) is 15.9 Å². The van der Waals surface area contributed by atoms with E-state index in [0.29, 0.717) is 22.0 Å². The molecule has 0 saturated heterocycles. The van der Waals surface area contributed by atoms with Crippen LogP contribution in [0.5, 0.6) is 5.75 Å². The molecule has 0 fully saturated rings. The van der Waals surface area contributed by atoms with Crippen molar-refractivity contribution in [2.75, 3.05) is 11.1 Å². The van der Waals surface area contributed by atoms with Gasteiger partial charge in [-0.05, 0) is 60.3 Å². The number of hydrogen-bond donors (Lipinski definition) is 4. The maximum absolute atomic E-state index is 12.5. The lowest BCUT2D eigenvalue weighted by atomic mass is 10.1. The van der Waals surface area contributed by atoms with Crippen molar-refractivity contribution in [1.29, 1.82) is 0 Å². The molecule has 1 amide bonds. The van der Waals surface area contributed by atoms with Crippen LogP contribution in [-0.2, 0) is 10.1 Å². The number of fused-ring (bicyclic) bond motifs is 1. The molecule has 0 radical (unpaired) electrons. The van der Waals surface area contributed by atoms with Gasteiger partial charge >= 0.3 is 0 Å². The number of benzene rings is 3. The van der Waals surface area contributed by atoms with Crippen molar-refractivity contribution in [3.8, 4) is 5.75 Å². The van der Waals surface area contributed by atoms with Gasteiger partial charge in [-0.15, -0.1) is 0 Å². The van der Waals surface area contributed by atoms with E-state index in [0.717, 1.165) is 11.6 Å². The molecule has 0 saturated carbocycles. The van der Waals surface area contributed by atoms with Crippen molar-refractivity contribution in [1.82, 2.24) is 0 Å². The lowest BCUT2D eigenvalue weighted by Gasteiger charge is -2.12. The largest absolute Gasteiger partial charge is 0.508 e. The number of phenols is 1. The third kappa shape index (κ3) is 3.46. The first-order valence-corrected chi connectivity index (χ1v) is 9.01. The molecular formula is C18H16N2O5S. The van der Waals surface area contributed by atoms with Crippen LogP contribution in [0.15, 0.2) is 53.4 Å². The van der Waals surface area contributed by atoms with E-state index in [1.54, 1.807) is 12.1 Å². The normalized spacial score (nSPS) is 11.5. The second kappa shape index (κ2) is 6.32. The maximum Gasteiger partial charge on any atom is 0.294 e. The lowest BCUT2D eigenvalue weighted by Crippen LogP contribution is -2.13. The smallest absolute Gasteiger partial charge is 0.294 e. The summed E-state index contributed by atoms with van der Waals surface area (Å²) in [5.41, 5.74) is 7.59. The summed E-state index contributed by atoms with van der Waals surface area (Å²) >= 11 is 0. The van der Waals surface area contributed by atoms with Crippen molar-refractivity contribution < 1.29 is 22.9 Å². The number of nitrogens with two attached hydrogens (primary N) is 1. The van der Waals surface area contributed by atoms with Gasteiger partial charge in [0.05, 0.1) is 10.6 Å². The quantitative estimate of drug-likeness (QED) is 0.413. The molecule has 3 rings (SSSR count). The molecule has 0 unspecified atom stereocenters. The molecule has 3 aromatic rings. The van der Waals surface area contributed by atoms with Gasteiger partial charge in [-0.25, -0.2) is 0 Å². The number of rotatable bonds is 3. The minimum absolute atomic E-state index is 0.0754. The fourth-order valence-corrected chi connectivity index (χ4v) is 3.10. The Morgan fingerprint density at radius 2 is 1.81 bits per heavy atom. The molecule has 5 N–H and O–H groups in total. The topological polar surface area (TPSA) is 130 Å². The summed E-state index contributed by atoms with van der Waals surface area (Å²) in [4.78, 5) is 12.1. The molecule has 134 valence electrons. The van der Waals surface area contributed by atoms with Crippen LogP contribution < -0.4 is 11.1 Å². The first kappa shape index (κ1) is 17.7. The number of aryl methyl sites for hydroxylation is 1. The molecule has 0 aliphatic carbocycles. The van der Waals surface area contributed by atoms with E-state index in [1.165, 1.54) is 30.3 Å². The van der Waals surface area contributed by atoms with Gasteiger partial charge in [-0.1, -0.05) is 6.07 Å². The van der Waals surface area contributed by atoms with Crippen molar-refractivity contribution in [2.45, 2.75) is 11.8 Å². The highest BCUT2D eigenvalue weighted by molar-refractivity contribution is 7.85. The number of nitrogen functional groups attached to an aromatic ring is 1. The van der Waals surface area contributed by atoms with Crippen molar-refractivity contribution >= 4 is 38.2 Å².